The third-order valence-electron chi connectivity index (χ3n) is 4.99. The van der Waals surface area contributed by atoms with Crippen molar-refractivity contribution in [3.8, 4) is 0 Å². The van der Waals surface area contributed by atoms with E-state index in [2.05, 4.69) is 15.3 Å². The van der Waals surface area contributed by atoms with Crippen molar-refractivity contribution in [3.05, 3.63) is 43.4 Å². The summed E-state index contributed by atoms with van der Waals surface area (Å²) in [6, 6.07) is 0. The average molecular weight is 372 g/mol. The summed E-state index contributed by atoms with van der Waals surface area (Å²) in [7, 11) is 0. The molecule has 4 rings (SSSR count). The number of aromatic nitrogens is 4. The average Bonchev–Trinajstić information content (AvgIpc) is 3.30. The fourth-order valence-corrected chi connectivity index (χ4v) is 4.75. The minimum Gasteiger partial charge on any atom is -0.478 e. The third kappa shape index (κ3) is 2.56. The van der Waals surface area contributed by atoms with Crippen LogP contribution in [0.1, 0.15) is 63.6 Å². The number of H-pyrrole nitrogens is 1. The summed E-state index contributed by atoms with van der Waals surface area (Å²) in [4.78, 5) is 25.6. The van der Waals surface area contributed by atoms with Gasteiger partial charge in [-0.05, 0) is 33.6 Å². The molecule has 0 aromatic carbocycles. The molecule has 3 heterocycles. The highest BCUT2D eigenvalue weighted by molar-refractivity contribution is 7.19. The van der Waals surface area contributed by atoms with Crippen LogP contribution in [0.4, 0.5) is 0 Å². The monoisotopic (exact) mass is 372 g/mol. The number of aryl methyl sites for hydroxylation is 3. The number of hydrogen-bond acceptors (Lipinski definition) is 5. The number of fused-ring (bicyclic) bond motifs is 1. The Kier molecular flexibility index (Phi) is 3.95. The van der Waals surface area contributed by atoms with Gasteiger partial charge in [-0.3, -0.25) is 9.89 Å². The van der Waals surface area contributed by atoms with Gasteiger partial charge in [0.1, 0.15) is 0 Å². The molecule has 3 aromatic heterocycles. The van der Waals surface area contributed by atoms with Crippen LogP contribution >= 0.6 is 11.3 Å². The zero-order valence-corrected chi connectivity index (χ0v) is 15.7. The SMILES string of the molecule is CCn1nc(C2CC2)c2sc(Cc3c(C)n[nH]c3C)c(C(=O)O)c2c1=O. The molecule has 1 aliphatic rings. The second kappa shape index (κ2) is 6.05. The molecule has 136 valence electrons. The quantitative estimate of drug-likeness (QED) is 0.717. The van der Waals surface area contributed by atoms with Gasteiger partial charge in [-0.25, -0.2) is 9.48 Å². The van der Waals surface area contributed by atoms with Gasteiger partial charge in [-0.15, -0.1) is 11.3 Å². The number of carboxylic acids is 1. The molecule has 1 fully saturated rings. The van der Waals surface area contributed by atoms with E-state index in [9.17, 15) is 14.7 Å². The molecule has 0 amide bonds. The van der Waals surface area contributed by atoms with Crippen molar-refractivity contribution in [1.29, 1.82) is 0 Å². The molecule has 8 heteroatoms. The minimum atomic E-state index is -1.06. The fourth-order valence-electron chi connectivity index (χ4n) is 3.40. The van der Waals surface area contributed by atoms with Gasteiger partial charge in [0.2, 0.25) is 0 Å². The molecule has 0 atom stereocenters. The van der Waals surface area contributed by atoms with E-state index in [4.69, 9.17) is 0 Å². The highest BCUT2D eigenvalue weighted by Gasteiger charge is 2.32. The van der Waals surface area contributed by atoms with Gasteiger partial charge in [-0.1, -0.05) is 0 Å². The highest BCUT2D eigenvalue weighted by atomic mass is 32.1. The van der Waals surface area contributed by atoms with Crippen LogP contribution in [0.2, 0.25) is 0 Å². The predicted octanol–water partition coefficient (Wildman–Crippen LogP) is 2.98. The Labute approximate surface area is 153 Å². The summed E-state index contributed by atoms with van der Waals surface area (Å²) in [6.07, 6.45) is 2.53. The van der Waals surface area contributed by atoms with E-state index < -0.39 is 5.97 Å². The summed E-state index contributed by atoms with van der Waals surface area (Å²) < 4.78 is 2.14. The third-order valence-corrected chi connectivity index (χ3v) is 6.20. The first-order valence-corrected chi connectivity index (χ1v) is 9.54. The van der Waals surface area contributed by atoms with Crippen molar-refractivity contribution < 1.29 is 9.90 Å². The van der Waals surface area contributed by atoms with Crippen LogP contribution in [0.25, 0.3) is 10.1 Å². The van der Waals surface area contributed by atoms with Crippen molar-refractivity contribution in [2.45, 2.75) is 52.5 Å². The van der Waals surface area contributed by atoms with Gasteiger partial charge in [0.05, 0.1) is 27.0 Å². The first kappa shape index (κ1) is 17.0. The summed E-state index contributed by atoms with van der Waals surface area (Å²) in [5.74, 6) is -0.723. The summed E-state index contributed by atoms with van der Waals surface area (Å²) in [5, 5.41) is 21.8. The number of thiophene rings is 1. The van der Waals surface area contributed by atoms with E-state index in [0.29, 0.717) is 29.1 Å². The predicted molar refractivity (Wildman–Crippen MR) is 99.4 cm³/mol. The smallest absolute Gasteiger partial charge is 0.337 e. The zero-order chi connectivity index (χ0) is 18.6. The van der Waals surface area contributed by atoms with Gasteiger partial charge < -0.3 is 5.11 Å². The van der Waals surface area contributed by atoms with Gasteiger partial charge in [0, 0.05) is 35.0 Å². The van der Waals surface area contributed by atoms with Gasteiger partial charge >= 0.3 is 5.97 Å². The van der Waals surface area contributed by atoms with Gasteiger partial charge in [0.25, 0.3) is 5.56 Å². The second-order valence-electron chi connectivity index (χ2n) is 6.78. The molecule has 26 heavy (non-hydrogen) atoms. The van der Waals surface area contributed by atoms with Crippen LogP contribution in [0.5, 0.6) is 0 Å². The molecule has 0 unspecified atom stereocenters. The number of nitrogens with one attached hydrogen (secondary N) is 1. The van der Waals surface area contributed by atoms with Crippen LogP contribution in [-0.2, 0) is 13.0 Å². The Morgan fingerprint density at radius 3 is 2.65 bits per heavy atom. The van der Waals surface area contributed by atoms with Crippen molar-refractivity contribution in [1.82, 2.24) is 20.0 Å². The standard InChI is InChI=1S/C18H20N4O3S/c1-4-22-17(23)14-13(18(24)25)12(7-11-8(2)19-20-9(11)3)26-16(14)15(21-22)10-5-6-10/h10H,4-7H2,1-3H3,(H,19,20)(H,24,25). The Balaban J connectivity index is 2.00. The highest BCUT2D eigenvalue weighted by Crippen LogP contribution is 2.44. The number of carboxylic acid groups (broad SMARTS) is 1. The number of hydrogen-bond donors (Lipinski definition) is 2. The van der Waals surface area contributed by atoms with Gasteiger partial charge in [-0.2, -0.15) is 10.2 Å². The number of nitrogens with zero attached hydrogens (tertiary/aromatic N) is 3. The molecular formula is C18H20N4O3S. The summed E-state index contributed by atoms with van der Waals surface area (Å²) in [6.45, 7) is 6.10. The first-order valence-electron chi connectivity index (χ1n) is 8.72. The van der Waals surface area contributed by atoms with Crippen LogP contribution in [-0.4, -0.2) is 31.1 Å². The molecule has 0 saturated heterocycles. The normalized spacial score (nSPS) is 14.3. The summed E-state index contributed by atoms with van der Waals surface area (Å²) in [5.41, 5.74) is 3.44. The molecule has 2 N–H and O–H groups in total. The zero-order valence-electron chi connectivity index (χ0n) is 14.9. The van der Waals surface area contributed by atoms with E-state index in [1.807, 2.05) is 20.8 Å². The molecule has 0 bridgehead atoms. The molecule has 0 spiro atoms. The van der Waals surface area contributed by atoms with Crippen LogP contribution < -0.4 is 5.56 Å². The Morgan fingerprint density at radius 2 is 2.12 bits per heavy atom. The number of rotatable bonds is 5. The lowest BCUT2D eigenvalue weighted by Crippen LogP contribution is -2.24. The lowest BCUT2D eigenvalue weighted by Gasteiger charge is -2.06. The van der Waals surface area contributed by atoms with Crippen molar-refractivity contribution in [3.63, 3.8) is 0 Å². The number of aromatic carboxylic acids is 1. The molecule has 3 aromatic rings. The molecular weight excluding hydrogens is 352 g/mol. The van der Waals surface area contributed by atoms with E-state index in [0.717, 1.165) is 40.2 Å². The molecule has 7 nitrogen and oxygen atoms in total. The topological polar surface area (TPSA) is 101 Å². The first-order chi connectivity index (χ1) is 12.4. The Morgan fingerprint density at radius 1 is 1.38 bits per heavy atom. The number of aromatic amines is 1. The largest absolute Gasteiger partial charge is 0.478 e. The lowest BCUT2D eigenvalue weighted by molar-refractivity contribution is 0.0698. The van der Waals surface area contributed by atoms with Crippen LogP contribution in [0.15, 0.2) is 4.79 Å². The second-order valence-corrected chi connectivity index (χ2v) is 7.88. The minimum absolute atomic E-state index is 0.126. The van der Waals surface area contributed by atoms with Crippen molar-refractivity contribution in [2.75, 3.05) is 0 Å². The summed E-state index contributed by atoms with van der Waals surface area (Å²) >= 11 is 1.40. The maximum absolute atomic E-state index is 12.9. The van der Waals surface area contributed by atoms with Gasteiger partial charge in [0.15, 0.2) is 0 Å². The molecule has 0 radical (unpaired) electrons. The van der Waals surface area contributed by atoms with Crippen LogP contribution in [0, 0.1) is 13.8 Å². The van der Waals surface area contributed by atoms with Crippen molar-refractivity contribution in [2.24, 2.45) is 0 Å². The van der Waals surface area contributed by atoms with E-state index >= 15 is 0 Å². The molecule has 1 aliphatic carbocycles. The lowest BCUT2D eigenvalue weighted by atomic mass is 10.0. The Hall–Kier alpha value is -2.48. The molecule has 1 saturated carbocycles. The van der Waals surface area contributed by atoms with E-state index in [-0.39, 0.29) is 11.1 Å². The maximum Gasteiger partial charge on any atom is 0.337 e. The molecule has 0 aliphatic heterocycles. The fraction of sp³-hybridized carbons (Fsp3) is 0.444. The number of carbonyl (C=O) groups is 1. The van der Waals surface area contributed by atoms with E-state index in [1.54, 1.807) is 0 Å². The Bertz CT molecular complexity index is 1070. The van der Waals surface area contributed by atoms with Crippen LogP contribution in [0.3, 0.4) is 0 Å². The van der Waals surface area contributed by atoms with E-state index in [1.165, 1.54) is 16.0 Å². The maximum atomic E-state index is 12.9. The van der Waals surface area contributed by atoms with Crippen molar-refractivity contribution >= 4 is 27.4 Å².